The minimum Gasteiger partial charge on any atom is -0.486 e. The van der Waals surface area contributed by atoms with Crippen LogP contribution in [0.3, 0.4) is 0 Å². The summed E-state index contributed by atoms with van der Waals surface area (Å²) >= 11 is 0. The Hall–Kier alpha value is -2.79. The standard InChI is InChI=1S/C20H21N3O2/c1-23-10-9-21-20(23)19(16-5-3-2-4-6-16)22-14-15-7-8-17-18(13-15)25-12-11-24-17/h2-10,13,19,22H,11-12,14H2,1H3. The van der Waals surface area contributed by atoms with Crippen molar-refractivity contribution in [1.82, 2.24) is 14.9 Å². The Morgan fingerprint density at radius 3 is 2.64 bits per heavy atom. The van der Waals surface area contributed by atoms with Gasteiger partial charge in [0.15, 0.2) is 11.5 Å². The topological polar surface area (TPSA) is 48.3 Å². The molecule has 0 aliphatic carbocycles. The van der Waals surface area contributed by atoms with Gasteiger partial charge in [-0.2, -0.15) is 0 Å². The van der Waals surface area contributed by atoms with Gasteiger partial charge in [-0.05, 0) is 23.3 Å². The van der Waals surface area contributed by atoms with Crippen LogP contribution in [0.1, 0.15) is 23.0 Å². The molecule has 4 rings (SSSR count). The summed E-state index contributed by atoms with van der Waals surface area (Å²) in [6.45, 7) is 1.92. The Morgan fingerprint density at radius 2 is 1.88 bits per heavy atom. The number of nitrogens with zero attached hydrogens (tertiary/aromatic N) is 2. The number of aromatic nitrogens is 2. The maximum Gasteiger partial charge on any atom is 0.161 e. The van der Waals surface area contributed by atoms with Gasteiger partial charge in [0.25, 0.3) is 0 Å². The number of fused-ring (bicyclic) bond motifs is 1. The molecule has 128 valence electrons. The van der Waals surface area contributed by atoms with Gasteiger partial charge in [0.1, 0.15) is 19.0 Å². The smallest absolute Gasteiger partial charge is 0.161 e. The first kappa shape index (κ1) is 15.7. The average molecular weight is 335 g/mol. The van der Waals surface area contributed by atoms with Gasteiger partial charge in [0, 0.05) is 26.0 Å². The van der Waals surface area contributed by atoms with Crippen molar-refractivity contribution in [3.63, 3.8) is 0 Å². The molecule has 1 N–H and O–H groups in total. The number of hydrogen-bond acceptors (Lipinski definition) is 4. The second-order valence-electron chi connectivity index (χ2n) is 6.10. The fourth-order valence-electron chi connectivity index (χ4n) is 3.08. The molecular formula is C20H21N3O2. The third kappa shape index (κ3) is 3.37. The predicted octanol–water partition coefficient (Wildman–Crippen LogP) is 3.07. The molecule has 2 heterocycles. The number of rotatable bonds is 5. The fraction of sp³-hybridized carbons (Fsp3) is 0.250. The second-order valence-corrected chi connectivity index (χ2v) is 6.10. The number of ether oxygens (including phenoxy) is 2. The number of nitrogens with one attached hydrogen (secondary N) is 1. The highest BCUT2D eigenvalue weighted by atomic mass is 16.6. The van der Waals surface area contributed by atoms with Crippen LogP contribution in [0, 0.1) is 0 Å². The summed E-state index contributed by atoms with van der Waals surface area (Å²) in [5, 5.41) is 3.62. The molecule has 1 atom stereocenters. The van der Waals surface area contributed by atoms with Gasteiger partial charge in [-0.1, -0.05) is 36.4 Å². The van der Waals surface area contributed by atoms with E-state index in [-0.39, 0.29) is 6.04 Å². The lowest BCUT2D eigenvalue weighted by Crippen LogP contribution is -2.25. The van der Waals surface area contributed by atoms with Crippen LogP contribution < -0.4 is 14.8 Å². The highest BCUT2D eigenvalue weighted by molar-refractivity contribution is 5.43. The molecule has 0 bridgehead atoms. The molecule has 5 heteroatoms. The van der Waals surface area contributed by atoms with Crippen molar-refractivity contribution in [2.45, 2.75) is 12.6 Å². The summed E-state index contributed by atoms with van der Waals surface area (Å²) in [7, 11) is 2.02. The van der Waals surface area contributed by atoms with E-state index >= 15 is 0 Å². The number of aryl methyl sites for hydroxylation is 1. The lowest BCUT2D eigenvalue weighted by molar-refractivity contribution is 0.171. The highest BCUT2D eigenvalue weighted by Gasteiger charge is 2.18. The first-order valence-electron chi connectivity index (χ1n) is 8.45. The summed E-state index contributed by atoms with van der Waals surface area (Å²) in [4.78, 5) is 4.53. The van der Waals surface area contributed by atoms with E-state index in [0.717, 1.165) is 22.9 Å². The third-order valence-corrected chi connectivity index (χ3v) is 4.37. The van der Waals surface area contributed by atoms with Crippen molar-refractivity contribution >= 4 is 0 Å². The van der Waals surface area contributed by atoms with Crippen LogP contribution in [0.2, 0.25) is 0 Å². The minimum atomic E-state index is 0.0226. The number of hydrogen-bond donors (Lipinski definition) is 1. The molecule has 3 aromatic rings. The van der Waals surface area contributed by atoms with E-state index in [1.165, 1.54) is 5.56 Å². The summed E-state index contributed by atoms with van der Waals surface area (Å²) in [5.74, 6) is 2.63. The Morgan fingerprint density at radius 1 is 1.08 bits per heavy atom. The highest BCUT2D eigenvalue weighted by Crippen LogP contribution is 2.31. The van der Waals surface area contributed by atoms with Gasteiger partial charge in [-0.15, -0.1) is 0 Å². The van der Waals surface area contributed by atoms with Crippen LogP contribution in [0.25, 0.3) is 0 Å². The molecular weight excluding hydrogens is 314 g/mol. The minimum absolute atomic E-state index is 0.0226. The molecule has 1 unspecified atom stereocenters. The molecule has 0 radical (unpaired) electrons. The second kappa shape index (κ2) is 6.99. The monoisotopic (exact) mass is 335 g/mol. The Bertz CT molecular complexity index is 845. The zero-order chi connectivity index (χ0) is 17.1. The SMILES string of the molecule is Cn1ccnc1C(NCc1ccc2c(c1)OCCO2)c1ccccc1. The zero-order valence-corrected chi connectivity index (χ0v) is 14.2. The van der Waals surface area contributed by atoms with Gasteiger partial charge in [-0.25, -0.2) is 4.98 Å². The van der Waals surface area contributed by atoms with Crippen molar-refractivity contribution in [2.75, 3.05) is 13.2 Å². The molecule has 1 aliphatic rings. The van der Waals surface area contributed by atoms with Gasteiger partial charge >= 0.3 is 0 Å². The van der Waals surface area contributed by atoms with E-state index in [0.29, 0.717) is 19.8 Å². The molecule has 5 nitrogen and oxygen atoms in total. The molecule has 0 saturated heterocycles. The van der Waals surface area contributed by atoms with Crippen LogP contribution in [0.5, 0.6) is 11.5 Å². The summed E-state index contributed by atoms with van der Waals surface area (Å²) in [6, 6.07) is 16.5. The Balaban J connectivity index is 1.56. The van der Waals surface area contributed by atoms with Gasteiger partial charge in [-0.3, -0.25) is 5.32 Å². The van der Waals surface area contributed by atoms with Crippen LogP contribution in [-0.4, -0.2) is 22.8 Å². The molecule has 2 aromatic carbocycles. The summed E-state index contributed by atoms with van der Waals surface area (Å²) in [6.07, 6.45) is 3.80. The van der Waals surface area contributed by atoms with Crippen LogP contribution in [-0.2, 0) is 13.6 Å². The van der Waals surface area contributed by atoms with Crippen molar-refractivity contribution in [1.29, 1.82) is 0 Å². The average Bonchev–Trinajstić information content (AvgIpc) is 3.08. The predicted molar refractivity (Wildman–Crippen MR) is 95.8 cm³/mol. The summed E-state index contributed by atoms with van der Waals surface area (Å²) in [5.41, 5.74) is 2.34. The van der Waals surface area contributed by atoms with E-state index < -0.39 is 0 Å². The van der Waals surface area contributed by atoms with Gasteiger partial charge in [0.2, 0.25) is 0 Å². The van der Waals surface area contributed by atoms with Crippen molar-refractivity contribution in [2.24, 2.45) is 7.05 Å². The Labute approximate surface area is 147 Å². The van der Waals surface area contributed by atoms with E-state index in [4.69, 9.17) is 9.47 Å². The summed E-state index contributed by atoms with van der Waals surface area (Å²) < 4.78 is 13.3. The van der Waals surface area contributed by atoms with E-state index in [9.17, 15) is 0 Å². The van der Waals surface area contributed by atoms with E-state index in [1.54, 1.807) is 0 Å². The van der Waals surface area contributed by atoms with Gasteiger partial charge < -0.3 is 14.0 Å². The molecule has 0 fully saturated rings. The largest absolute Gasteiger partial charge is 0.486 e. The fourth-order valence-corrected chi connectivity index (χ4v) is 3.08. The van der Waals surface area contributed by atoms with E-state index in [1.807, 2.05) is 37.6 Å². The first-order chi connectivity index (χ1) is 12.3. The van der Waals surface area contributed by atoms with Crippen LogP contribution >= 0.6 is 0 Å². The molecule has 0 saturated carbocycles. The third-order valence-electron chi connectivity index (χ3n) is 4.37. The molecule has 25 heavy (non-hydrogen) atoms. The quantitative estimate of drug-likeness (QED) is 0.778. The van der Waals surface area contributed by atoms with Gasteiger partial charge in [0.05, 0.1) is 6.04 Å². The lowest BCUT2D eigenvalue weighted by Gasteiger charge is -2.21. The maximum atomic E-state index is 5.68. The van der Waals surface area contributed by atoms with E-state index in [2.05, 4.69) is 45.2 Å². The normalized spacial score (nSPS) is 14.3. The Kier molecular flexibility index (Phi) is 4.39. The molecule has 0 amide bonds. The molecule has 1 aromatic heterocycles. The van der Waals surface area contributed by atoms with Crippen LogP contribution in [0.4, 0.5) is 0 Å². The molecule has 0 spiro atoms. The zero-order valence-electron chi connectivity index (χ0n) is 14.2. The van der Waals surface area contributed by atoms with Crippen molar-refractivity contribution < 1.29 is 9.47 Å². The van der Waals surface area contributed by atoms with Crippen molar-refractivity contribution in [3.05, 3.63) is 77.9 Å². The number of imidazole rings is 1. The first-order valence-corrected chi connectivity index (χ1v) is 8.45. The lowest BCUT2D eigenvalue weighted by atomic mass is 10.1. The number of benzene rings is 2. The van der Waals surface area contributed by atoms with Crippen molar-refractivity contribution in [3.8, 4) is 11.5 Å². The van der Waals surface area contributed by atoms with Crippen LogP contribution in [0.15, 0.2) is 60.9 Å². The maximum absolute atomic E-state index is 5.68. The molecule has 1 aliphatic heterocycles.